The molecule has 0 aliphatic heterocycles. The van der Waals surface area contributed by atoms with Gasteiger partial charge in [0.1, 0.15) is 0 Å². The lowest BCUT2D eigenvalue weighted by atomic mass is 10.1. The molecule has 0 unspecified atom stereocenters. The second-order valence-corrected chi connectivity index (χ2v) is 3.16. The average Bonchev–Trinajstić information content (AvgIpc) is 2.17. The zero-order chi connectivity index (χ0) is 10.4. The van der Waals surface area contributed by atoms with Gasteiger partial charge in [-0.3, -0.25) is 4.79 Å². The van der Waals surface area contributed by atoms with E-state index in [0.717, 1.165) is 11.1 Å². The van der Waals surface area contributed by atoms with E-state index < -0.39 is 0 Å². The summed E-state index contributed by atoms with van der Waals surface area (Å²) in [5.41, 5.74) is 2.24. The van der Waals surface area contributed by atoms with E-state index in [-0.39, 0.29) is 5.91 Å². The number of benzene rings is 1. The standard InChI is InChI=1S/C11H15NO2/c1-9(13)12-7-10-3-5-11(6-4-10)8-14-2/h3-6H,7-8H2,1-2H3,(H,12,13). The molecule has 0 saturated heterocycles. The molecule has 1 aromatic rings. The molecule has 3 heteroatoms. The number of hydrogen-bond donors (Lipinski definition) is 1. The molecule has 1 amide bonds. The smallest absolute Gasteiger partial charge is 0.217 e. The fourth-order valence-electron chi connectivity index (χ4n) is 1.15. The number of carbonyl (C=O) groups is 1. The van der Waals surface area contributed by atoms with Gasteiger partial charge in [-0.05, 0) is 11.1 Å². The van der Waals surface area contributed by atoms with Gasteiger partial charge in [0.25, 0.3) is 0 Å². The Hall–Kier alpha value is -1.35. The maximum atomic E-state index is 10.7. The molecule has 76 valence electrons. The van der Waals surface area contributed by atoms with E-state index in [9.17, 15) is 4.79 Å². The summed E-state index contributed by atoms with van der Waals surface area (Å²) in [5, 5.41) is 2.74. The molecule has 0 atom stereocenters. The first-order chi connectivity index (χ1) is 6.72. The molecule has 0 aliphatic rings. The van der Waals surface area contributed by atoms with Gasteiger partial charge in [0.2, 0.25) is 5.91 Å². The highest BCUT2D eigenvalue weighted by atomic mass is 16.5. The Balaban J connectivity index is 2.50. The van der Waals surface area contributed by atoms with Crippen molar-refractivity contribution in [2.45, 2.75) is 20.1 Å². The predicted molar refractivity (Wildman–Crippen MR) is 54.7 cm³/mol. The van der Waals surface area contributed by atoms with E-state index in [4.69, 9.17) is 4.74 Å². The van der Waals surface area contributed by atoms with Crippen LogP contribution in [0.15, 0.2) is 24.3 Å². The number of carbonyl (C=O) groups excluding carboxylic acids is 1. The lowest BCUT2D eigenvalue weighted by Gasteiger charge is -2.03. The van der Waals surface area contributed by atoms with Crippen LogP contribution in [0.4, 0.5) is 0 Å². The second kappa shape index (κ2) is 5.40. The van der Waals surface area contributed by atoms with Crippen LogP contribution in [0.5, 0.6) is 0 Å². The molecule has 0 fully saturated rings. The zero-order valence-electron chi connectivity index (χ0n) is 8.54. The Bertz CT molecular complexity index is 293. The number of amides is 1. The summed E-state index contributed by atoms with van der Waals surface area (Å²) in [6, 6.07) is 7.98. The van der Waals surface area contributed by atoms with Crippen molar-refractivity contribution in [1.29, 1.82) is 0 Å². The summed E-state index contributed by atoms with van der Waals surface area (Å²) in [4.78, 5) is 10.7. The average molecular weight is 193 g/mol. The molecule has 0 spiro atoms. The molecule has 0 radical (unpaired) electrons. The molecule has 0 bridgehead atoms. The van der Waals surface area contributed by atoms with Gasteiger partial charge in [-0.1, -0.05) is 24.3 Å². The largest absolute Gasteiger partial charge is 0.380 e. The Morgan fingerprint density at radius 3 is 2.36 bits per heavy atom. The first-order valence-corrected chi connectivity index (χ1v) is 4.53. The molecule has 0 saturated carbocycles. The van der Waals surface area contributed by atoms with E-state index in [0.29, 0.717) is 13.2 Å². The van der Waals surface area contributed by atoms with Crippen molar-refractivity contribution in [1.82, 2.24) is 5.32 Å². The summed E-state index contributed by atoms with van der Waals surface area (Å²) in [7, 11) is 1.67. The highest BCUT2D eigenvalue weighted by Crippen LogP contribution is 2.04. The van der Waals surface area contributed by atoms with Crippen molar-refractivity contribution in [3.8, 4) is 0 Å². The van der Waals surface area contributed by atoms with Crippen LogP contribution >= 0.6 is 0 Å². The van der Waals surface area contributed by atoms with Crippen LogP contribution in [0.3, 0.4) is 0 Å². The molecule has 3 nitrogen and oxygen atoms in total. The lowest BCUT2D eigenvalue weighted by molar-refractivity contribution is -0.119. The fraction of sp³-hybridized carbons (Fsp3) is 0.364. The summed E-state index contributed by atoms with van der Waals surface area (Å²) in [6.45, 7) is 2.72. The Morgan fingerprint density at radius 2 is 1.86 bits per heavy atom. The van der Waals surface area contributed by atoms with Crippen LogP contribution in [-0.2, 0) is 22.7 Å². The second-order valence-electron chi connectivity index (χ2n) is 3.16. The molecule has 1 aromatic carbocycles. The maximum Gasteiger partial charge on any atom is 0.217 e. The van der Waals surface area contributed by atoms with Gasteiger partial charge in [0.15, 0.2) is 0 Å². The monoisotopic (exact) mass is 193 g/mol. The summed E-state index contributed by atoms with van der Waals surface area (Å²) < 4.78 is 5.00. The van der Waals surface area contributed by atoms with Crippen molar-refractivity contribution in [2.24, 2.45) is 0 Å². The quantitative estimate of drug-likeness (QED) is 0.786. The number of nitrogens with one attached hydrogen (secondary N) is 1. The van der Waals surface area contributed by atoms with Crippen LogP contribution in [0, 0.1) is 0 Å². The third-order valence-electron chi connectivity index (χ3n) is 1.88. The van der Waals surface area contributed by atoms with Crippen molar-refractivity contribution in [2.75, 3.05) is 7.11 Å². The van der Waals surface area contributed by atoms with Gasteiger partial charge in [-0.25, -0.2) is 0 Å². The molecule has 0 aliphatic carbocycles. The van der Waals surface area contributed by atoms with Crippen molar-refractivity contribution >= 4 is 5.91 Å². The third kappa shape index (κ3) is 3.58. The van der Waals surface area contributed by atoms with Crippen LogP contribution in [0.2, 0.25) is 0 Å². The number of hydrogen-bond acceptors (Lipinski definition) is 2. The summed E-state index contributed by atoms with van der Waals surface area (Å²) in [6.07, 6.45) is 0. The molecular weight excluding hydrogens is 178 g/mol. The van der Waals surface area contributed by atoms with Gasteiger partial charge in [-0.15, -0.1) is 0 Å². The van der Waals surface area contributed by atoms with Crippen molar-refractivity contribution in [3.63, 3.8) is 0 Å². The van der Waals surface area contributed by atoms with Gasteiger partial charge >= 0.3 is 0 Å². The number of methoxy groups -OCH3 is 1. The Morgan fingerprint density at radius 1 is 1.29 bits per heavy atom. The van der Waals surface area contributed by atoms with E-state index in [1.54, 1.807) is 7.11 Å². The summed E-state index contributed by atoms with van der Waals surface area (Å²) >= 11 is 0. The highest BCUT2D eigenvalue weighted by molar-refractivity contribution is 5.72. The molecule has 0 heterocycles. The molecule has 14 heavy (non-hydrogen) atoms. The van der Waals surface area contributed by atoms with E-state index in [2.05, 4.69) is 5.32 Å². The molecule has 0 aromatic heterocycles. The van der Waals surface area contributed by atoms with E-state index >= 15 is 0 Å². The zero-order valence-corrected chi connectivity index (χ0v) is 8.54. The topological polar surface area (TPSA) is 38.3 Å². The molecular formula is C11H15NO2. The van der Waals surface area contributed by atoms with Gasteiger partial charge < -0.3 is 10.1 Å². The lowest BCUT2D eigenvalue weighted by Crippen LogP contribution is -2.18. The van der Waals surface area contributed by atoms with Crippen molar-refractivity contribution < 1.29 is 9.53 Å². The minimum atomic E-state index is -0.00836. The fourth-order valence-corrected chi connectivity index (χ4v) is 1.15. The number of rotatable bonds is 4. The minimum Gasteiger partial charge on any atom is -0.380 e. The van der Waals surface area contributed by atoms with Crippen molar-refractivity contribution in [3.05, 3.63) is 35.4 Å². The van der Waals surface area contributed by atoms with Gasteiger partial charge in [0, 0.05) is 20.6 Å². The van der Waals surface area contributed by atoms with E-state index in [1.807, 2.05) is 24.3 Å². The van der Waals surface area contributed by atoms with E-state index in [1.165, 1.54) is 6.92 Å². The van der Waals surface area contributed by atoms with Gasteiger partial charge in [0.05, 0.1) is 6.61 Å². The SMILES string of the molecule is COCc1ccc(CNC(C)=O)cc1. The predicted octanol–water partition coefficient (Wildman–Crippen LogP) is 1.47. The Labute approximate surface area is 84.1 Å². The highest BCUT2D eigenvalue weighted by Gasteiger charge is 1.95. The Kier molecular flexibility index (Phi) is 4.13. The minimum absolute atomic E-state index is 0.00836. The third-order valence-corrected chi connectivity index (χ3v) is 1.88. The van der Waals surface area contributed by atoms with Crippen LogP contribution in [-0.4, -0.2) is 13.0 Å². The van der Waals surface area contributed by atoms with Crippen LogP contribution in [0.25, 0.3) is 0 Å². The summed E-state index contributed by atoms with van der Waals surface area (Å²) in [5.74, 6) is -0.00836. The van der Waals surface area contributed by atoms with Crippen LogP contribution in [0.1, 0.15) is 18.1 Å². The first-order valence-electron chi connectivity index (χ1n) is 4.53. The number of ether oxygens (including phenoxy) is 1. The van der Waals surface area contributed by atoms with Gasteiger partial charge in [-0.2, -0.15) is 0 Å². The normalized spacial score (nSPS) is 9.86. The maximum absolute atomic E-state index is 10.7. The first kappa shape index (κ1) is 10.7. The molecule has 1 rings (SSSR count). The molecule has 1 N–H and O–H groups in total. The van der Waals surface area contributed by atoms with Crippen LogP contribution < -0.4 is 5.32 Å².